The van der Waals surface area contributed by atoms with Crippen LogP contribution in [0.2, 0.25) is 0 Å². The number of ether oxygens (including phenoxy) is 1. The monoisotopic (exact) mass is 388 g/mol. The van der Waals surface area contributed by atoms with Crippen LogP contribution in [0.25, 0.3) is 0 Å². The number of anilines is 1. The normalized spacial score (nSPS) is 14.9. The summed E-state index contributed by atoms with van der Waals surface area (Å²) in [7, 11) is -2.15. The molecule has 27 heavy (non-hydrogen) atoms. The molecule has 2 aromatic carbocycles. The first-order valence-corrected chi connectivity index (χ1v) is 10.3. The molecule has 1 heterocycles. The molecule has 0 spiro atoms. The lowest BCUT2D eigenvalue weighted by Crippen LogP contribution is -2.28. The van der Waals surface area contributed by atoms with Gasteiger partial charge in [-0.15, -0.1) is 0 Å². The van der Waals surface area contributed by atoms with Gasteiger partial charge in [0.2, 0.25) is 10.0 Å². The van der Waals surface area contributed by atoms with Crippen molar-refractivity contribution in [2.45, 2.75) is 31.6 Å². The van der Waals surface area contributed by atoms with Gasteiger partial charge >= 0.3 is 0 Å². The molecule has 6 nitrogen and oxygen atoms in total. The number of rotatable bonds is 5. The number of amides is 1. The summed E-state index contributed by atoms with van der Waals surface area (Å²) in [6.45, 7) is 4.99. The first kappa shape index (κ1) is 19.4. The van der Waals surface area contributed by atoms with Crippen LogP contribution in [0.4, 0.5) is 5.69 Å². The van der Waals surface area contributed by atoms with Crippen LogP contribution in [0.3, 0.4) is 0 Å². The van der Waals surface area contributed by atoms with E-state index in [0.717, 1.165) is 24.0 Å². The predicted molar refractivity (Wildman–Crippen MR) is 105 cm³/mol. The van der Waals surface area contributed by atoms with E-state index in [0.29, 0.717) is 24.5 Å². The van der Waals surface area contributed by atoms with E-state index in [-0.39, 0.29) is 10.5 Å². The number of hydrogen-bond acceptors (Lipinski definition) is 4. The van der Waals surface area contributed by atoms with Crippen LogP contribution in [0.1, 0.15) is 34.3 Å². The predicted octanol–water partition coefficient (Wildman–Crippen LogP) is 3.35. The van der Waals surface area contributed by atoms with Crippen LogP contribution in [0.15, 0.2) is 41.3 Å². The second-order valence-electron chi connectivity index (χ2n) is 6.73. The fourth-order valence-corrected chi connectivity index (χ4v) is 4.66. The summed E-state index contributed by atoms with van der Waals surface area (Å²) in [5.74, 6) is -0.0784. The standard InChI is InChI=1S/C20H24N2O4S/c1-14-6-7-16(12-15(14)2)21-20(23)18-13-17(8-9-19(18)26-3)27(24,25)22-10-4-5-11-22/h6-9,12-13H,4-5,10-11H2,1-3H3,(H,21,23). The van der Waals surface area contributed by atoms with Gasteiger partial charge in [0.15, 0.2) is 0 Å². The Bertz CT molecular complexity index is 964. The number of hydrogen-bond donors (Lipinski definition) is 1. The lowest BCUT2D eigenvalue weighted by atomic mass is 10.1. The van der Waals surface area contributed by atoms with E-state index in [1.807, 2.05) is 32.0 Å². The Kier molecular flexibility index (Phi) is 5.53. The van der Waals surface area contributed by atoms with Gasteiger partial charge in [-0.1, -0.05) is 6.07 Å². The minimum absolute atomic E-state index is 0.107. The number of benzene rings is 2. The summed E-state index contributed by atoms with van der Waals surface area (Å²) in [5.41, 5.74) is 3.03. The molecule has 0 unspecified atom stereocenters. The number of methoxy groups -OCH3 is 1. The largest absolute Gasteiger partial charge is 0.496 e. The molecule has 0 bridgehead atoms. The highest BCUT2D eigenvalue weighted by Gasteiger charge is 2.28. The highest BCUT2D eigenvalue weighted by Crippen LogP contribution is 2.27. The van der Waals surface area contributed by atoms with Gasteiger partial charge in [-0.3, -0.25) is 4.79 Å². The molecule has 3 rings (SSSR count). The molecular formula is C20H24N2O4S. The molecule has 144 valence electrons. The highest BCUT2D eigenvalue weighted by atomic mass is 32.2. The highest BCUT2D eigenvalue weighted by molar-refractivity contribution is 7.89. The van der Waals surface area contributed by atoms with E-state index in [1.165, 1.54) is 29.6 Å². The van der Waals surface area contributed by atoms with Gasteiger partial charge in [0.1, 0.15) is 5.75 Å². The summed E-state index contributed by atoms with van der Waals surface area (Å²) < 4.78 is 32.3. The van der Waals surface area contributed by atoms with Crippen molar-refractivity contribution in [3.05, 3.63) is 53.1 Å². The van der Waals surface area contributed by atoms with Gasteiger partial charge in [-0.25, -0.2) is 8.42 Å². The van der Waals surface area contributed by atoms with Crippen LogP contribution in [0.5, 0.6) is 5.75 Å². The van der Waals surface area contributed by atoms with Gasteiger partial charge in [0, 0.05) is 18.8 Å². The molecule has 1 amide bonds. The average Bonchev–Trinajstić information content (AvgIpc) is 3.19. The van der Waals surface area contributed by atoms with Crippen LogP contribution in [-0.2, 0) is 10.0 Å². The molecular weight excluding hydrogens is 364 g/mol. The van der Waals surface area contributed by atoms with Crippen molar-refractivity contribution in [2.24, 2.45) is 0 Å². The molecule has 0 atom stereocenters. The first-order chi connectivity index (χ1) is 12.8. The fourth-order valence-electron chi connectivity index (χ4n) is 3.12. The fraction of sp³-hybridized carbons (Fsp3) is 0.350. The molecule has 0 aromatic heterocycles. The molecule has 1 N–H and O–H groups in total. The first-order valence-electron chi connectivity index (χ1n) is 8.90. The van der Waals surface area contributed by atoms with Crippen LogP contribution in [-0.4, -0.2) is 38.8 Å². The minimum atomic E-state index is -3.61. The number of sulfonamides is 1. The van der Waals surface area contributed by atoms with Gasteiger partial charge in [-0.05, 0) is 68.1 Å². The van der Waals surface area contributed by atoms with Crippen molar-refractivity contribution < 1.29 is 17.9 Å². The summed E-state index contributed by atoms with van der Waals surface area (Å²) in [6, 6.07) is 10.0. The molecule has 0 saturated carbocycles. The third-order valence-corrected chi connectivity index (χ3v) is 6.78. The third-order valence-electron chi connectivity index (χ3n) is 4.88. The molecule has 2 aromatic rings. The van der Waals surface area contributed by atoms with E-state index >= 15 is 0 Å². The molecule has 1 saturated heterocycles. The Morgan fingerprint density at radius 2 is 1.74 bits per heavy atom. The SMILES string of the molecule is COc1ccc(S(=O)(=O)N2CCCC2)cc1C(=O)Nc1ccc(C)c(C)c1. The maximum atomic E-state index is 12.8. The maximum absolute atomic E-state index is 12.8. The van der Waals surface area contributed by atoms with Gasteiger partial charge in [-0.2, -0.15) is 4.31 Å². The van der Waals surface area contributed by atoms with Gasteiger partial charge < -0.3 is 10.1 Å². The number of carbonyl (C=O) groups is 1. The second kappa shape index (κ2) is 7.70. The molecule has 1 aliphatic rings. The Hall–Kier alpha value is -2.38. The zero-order chi connectivity index (χ0) is 19.6. The number of aryl methyl sites for hydroxylation is 2. The minimum Gasteiger partial charge on any atom is -0.496 e. The van der Waals surface area contributed by atoms with E-state index in [4.69, 9.17) is 4.74 Å². The van der Waals surface area contributed by atoms with Crippen LogP contribution < -0.4 is 10.1 Å². The van der Waals surface area contributed by atoms with E-state index < -0.39 is 15.9 Å². The summed E-state index contributed by atoms with van der Waals surface area (Å²) in [4.78, 5) is 12.9. The Labute approximate surface area is 160 Å². The second-order valence-corrected chi connectivity index (χ2v) is 8.66. The Balaban J connectivity index is 1.93. The zero-order valence-electron chi connectivity index (χ0n) is 15.8. The van der Waals surface area contributed by atoms with Crippen molar-refractivity contribution in [3.8, 4) is 5.75 Å². The number of nitrogens with zero attached hydrogens (tertiary/aromatic N) is 1. The van der Waals surface area contributed by atoms with Crippen LogP contribution >= 0.6 is 0 Å². The lowest BCUT2D eigenvalue weighted by Gasteiger charge is -2.17. The zero-order valence-corrected chi connectivity index (χ0v) is 16.6. The molecule has 7 heteroatoms. The van der Waals surface area contributed by atoms with E-state index in [9.17, 15) is 13.2 Å². The van der Waals surface area contributed by atoms with Crippen molar-refractivity contribution >= 4 is 21.6 Å². The molecule has 0 radical (unpaired) electrons. The van der Waals surface area contributed by atoms with Crippen molar-refractivity contribution in [3.63, 3.8) is 0 Å². The molecule has 1 fully saturated rings. The number of carbonyl (C=O) groups excluding carboxylic acids is 1. The summed E-state index contributed by atoms with van der Waals surface area (Å²) in [6.07, 6.45) is 1.71. The summed E-state index contributed by atoms with van der Waals surface area (Å²) >= 11 is 0. The smallest absolute Gasteiger partial charge is 0.259 e. The Morgan fingerprint density at radius 3 is 2.37 bits per heavy atom. The third kappa shape index (κ3) is 3.99. The maximum Gasteiger partial charge on any atom is 0.259 e. The van der Waals surface area contributed by atoms with Crippen LogP contribution in [0, 0.1) is 13.8 Å². The van der Waals surface area contributed by atoms with Crippen molar-refractivity contribution in [1.29, 1.82) is 0 Å². The lowest BCUT2D eigenvalue weighted by molar-refractivity contribution is 0.102. The molecule has 0 aliphatic carbocycles. The molecule has 1 aliphatic heterocycles. The van der Waals surface area contributed by atoms with Crippen molar-refractivity contribution in [1.82, 2.24) is 4.31 Å². The Morgan fingerprint density at radius 1 is 1.04 bits per heavy atom. The van der Waals surface area contributed by atoms with Crippen molar-refractivity contribution in [2.75, 3.05) is 25.5 Å². The van der Waals surface area contributed by atoms with E-state index in [2.05, 4.69) is 5.32 Å². The average molecular weight is 388 g/mol. The van der Waals surface area contributed by atoms with Gasteiger partial charge in [0.25, 0.3) is 5.91 Å². The number of nitrogens with one attached hydrogen (secondary N) is 1. The van der Waals surface area contributed by atoms with Gasteiger partial charge in [0.05, 0.1) is 17.6 Å². The van der Waals surface area contributed by atoms with E-state index in [1.54, 1.807) is 0 Å². The summed E-state index contributed by atoms with van der Waals surface area (Å²) in [5, 5.41) is 2.82. The topological polar surface area (TPSA) is 75.7 Å². The quantitative estimate of drug-likeness (QED) is 0.852.